The Hall–Kier alpha value is -2.64. The van der Waals surface area contributed by atoms with Crippen LogP contribution in [-0.4, -0.2) is 30.5 Å². The van der Waals surface area contributed by atoms with Crippen molar-refractivity contribution < 1.29 is 24.0 Å². The van der Waals surface area contributed by atoms with Crippen LogP contribution in [0.2, 0.25) is 0 Å². The van der Waals surface area contributed by atoms with Gasteiger partial charge in [0.15, 0.2) is 6.61 Å². The Kier molecular flexibility index (Phi) is 4.95. The number of esters is 1. The maximum Gasteiger partial charge on any atom is 0.310 e. The summed E-state index contributed by atoms with van der Waals surface area (Å²) in [6.45, 7) is -0.409. The molecule has 0 aromatic heterocycles. The number of non-ortho nitro benzene ring substituents is 1. The van der Waals surface area contributed by atoms with Crippen LogP contribution in [-0.2, 0) is 14.3 Å². The number of carbonyl (C=O) groups is 2. The van der Waals surface area contributed by atoms with Gasteiger partial charge in [0, 0.05) is 12.1 Å². The number of carbonyl (C=O) groups excluding carboxylic acids is 2. The van der Waals surface area contributed by atoms with Crippen LogP contribution in [0.5, 0.6) is 5.75 Å². The fraction of sp³-hybridized carbons (Fsp3) is 0.600. The van der Waals surface area contributed by atoms with Crippen LogP contribution in [0.25, 0.3) is 0 Å². The third-order valence-electron chi connectivity index (χ3n) is 6.51. The molecule has 4 bridgehead atoms. The van der Waals surface area contributed by atoms with E-state index in [9.17, 15) is 19.7 Å². The van der Waals surface area contributed by atoms with E-state index in [2.05, 4.69) is 5.32 Å². The van der Waals surface area contributed by atoms with E-state index in [1.807, 2.05) is 0 Å². The second-order valence-corrected chi connectivity index (χ2v) is 8.25. The number of anilines is 1. The quantitative estimate of drug-likeness (QED) is 0.456. The predicted octanol–water partition coefficient (Wildman–Crippen LogP) is 3.16. The number of nitrogens with zero attached hydrogens (tertiary/aromatic N) is 1. The fourth-order valence-corrected chi connectivity index (χ4v) is 5.64. The lowest BCUT2D eigenvalue weighted by molar-refractivity contribution is -0.384. The number of hydrogen-bond acceptors (Lipinski definition) is 6. The summed E-state index contributed by atoms with van der Waals surface area (Å²) >= 11 is 0. The third-order valence-corrected chi connectivity index (χ3v) is 6.51. The SMILES string of the molecule is COc1ccc([N+](=O)[O-])cc1NC(=O)COC(=O)C1C2CC3CC(C2)CC1C3. The maximum atomic E-state index is 12.6. The first kappa shape index (κ1) is 18.7. The molecule has 4 aliphatic carbocycles. The molecule has 1 N–H and O–H groups in total. The highest BCUT2D eigenvalue weighted by Gasteiger charge is 2.51. The zero-order valence-electron chi connectivity index (χ0n) is 15.8. The minimum absolute atomic E-state index is 0.0899. The number of nitro benzene ring substituents is 1. The van der Waals surface area contributed by atoms with Crippen molar-refractivity contribution in [2.75, 3.05) is 19.0 Å². The molecule has 5 rings (SSSR count). The Bertz CT molecular complexity index is 780. The molecule has 0 heterocycles. The van der Waals surface area contributed by atoms with E-state index in [1.165, 1.54) is 31.7 Å². The molecule has 0 aliphatic heterocycles. The molecule has 8 heteroatoms. The summed E-state index contributed by atoms with van der Waals surface area (Å²) in [5.41, 5.74) is 0.00839. The van der Waals surface area contributed by atoms with E-state index in [1.54, 1.807) is 0 Å². The van der Waals surface area contributed by atoms with Gasteiger partial charge in [-0.1, -0.05) is 0 Å². The van der Waals surface area contributed by atoms with E-state index in [0.717, 1.165) is 37.5 Å². The summed E-state index contributed by atoms with van der Waals surface area (Å²) in [5, 5.41) is 13.5. The lowest BCUT2D eigenvalue weighted by atomic mass is 9.52. The zero-order chi connectivity index (χ0) is 19.8. The lowest BCUT2D eigenvalue weighted by Crippen LogP contribution is -2.48. The second kappa shape index (κ2) is 7.41. The normalized spacial score (nSPS) is 30.0. The highest BCUT2D eigenvalue weighted by Crippen LogP contribution is 2.56. The van der Waals surface area contributed by atoms with Crippen molar-refractivity contribution in [1.29, 1.82) is 0 Å². The number of rotatable bonds is 6. The van der Waals surface area contributed by atoms with Gasteiger partial charge in [-0.15, -0.1) is 0 Å². The monoisotopic (exact) mass is 388 g/mol. The minimum atomic E-state index is -0.554. The standard InChI is InChI=1S/C20H24N2O6/c1-27-17-3-2-15(22(25)26)9-16(17)21-18(23)10-28-20(24)19-13-5-11-4-12(7-13)8-14(19)6-11/h2-3,9,11-14,19H,4-8,10H2,1H3,(H,21,23). The Morgan fingerprint density at radius 3 is 2.36 bits per heavy atom. The molecule has 150 valence electrons. The van der Waals surface area contributed by atoms with Gasteiger partial charge in [-0.05, 0) is 61.8 Å². The highest BCUT2D eigenvalue weighted by molar-refractivity contribution is 5.94. The summed E-state index contributed by atoms with van der Waals surface area (Å²) in [7, 11) is 1.41. The van der Waals surface area contributed by atoms with Gasteiger partial charge in [-0.3, -0.25) is 19.7 Å². The molecule has 8 nitrogen and oxygen atoms in total. The Morgan fingerprint density at radius 2 is 1.79 bits per heavy atom. The number of benzene rings is 1. The predicted molar refractivity (Wildman–Crippen MR) is 99.8 cm³/mol. The van der Waals surface area contributed by atoms with Crippen LogP contribution in [0.3, 0.4) is 0 Å². The summed E-state index contributed by atoms with van der Waals surface area (Å²) in [4.78, 5) is 35.3. The minimum Gasteiger partial charge on any atom is -0.495 e. The van der Waals surface area contributed by atoms with Crippen LogP contribution in [0, 0.1) is 39.7 Å². The van der Waals surface area contributed by atoms with Crippen LogP contribution < -0.4 is 10.1 Å². The van der Waals surface area contributed by atoms with E-state index in [-0.39, 0.29) is 23.3 Å². The molecule has 4 aliphatic rings. The van der Waals surface area contributed by atoms with Crippen molar-refractivity contribution in [3.05, 3.63) is 28.3 Å². The van der Waals surface area contributed by atoms with E-state index >= 15 is 0 Å². The molecule has 0 unspecified atom stereocenters. The van der Waals surface area contributed by atoms with E-state index in [4.69, 9.17) is 9.47 Å². The van der Waals surface area contributed by atoms with Crippen molar-refractivity contribution in [3.8, 4) is 5.75 Å². The zero-order valence-corrected chi connectivity index (χ0v) is 15.8. The first-order valence-electron chi connectivity index (χ1n) is 9.73. The van der Waals surface area contributed by atoms with Crippen molar-refractivity contribution in [1.82, 2.24) is 0 Å². The van der Waals surface area contributed by atoms with Crippen LogP contribution >= 0.6 is 0 Å². The van der Waals surface area contributed by atoms with Gasteiger partial charge >= 0.3 is 5.97 Å². The van der Waals surface area contributed by atoms with Gasteiger partial charge in [0.05, 0.1) is 23.6 Å². The second-order valence-electron chi connectivity index (χ2n) is 8.25. The van der Waals surface area contributed by atoms with Crippen molar-refractivity contribution in [2.45, 2.75) is 32.1 Å². The molecule has 0 atom stereocenters. The molecule has 4 fully saturated rings. The van der Waals surface area contributed by atoms with Crippen LogP contribution in [0.15, 0.2) is 18.2 Å². The van der Waals surface area contributed by atoms with Gasteiger partial charge in [0.1, 0.15) is 5.75 Å². The molecular weight excluding hydrogens is 364 g/mol. The van der Waals surface area contributed by atoms with Gasteiger partial charge in [0.2, 0.25) is 0 Å². The summed E-state index contributed by atoms with van der Waals surface area (Å²) in [6, 6.07) is 3.92. The Balaban J connectivity index is 1.35. The Labute approximate surface area is 162 Å². The first-order chi connectivity index (χ1) is 13.4. The number of ether oxygens (including phenoxy) is 2. The topological polar surface area (TPSA) is 108 Å². The van der Waals surface area contributed by atoms with Gasteiger partial charge in [-0.2, -0.15) is 0 Å². The summed E-state index contributed by atoms with van der Waals surface area (Å²) in [6.07, 6.45) is 5.71. The van der Waals surface area contributed by atoms with Gasteiger partial charge < -0.3 is 14.8 Å². The van der Waals surface area contributed by atoms with Gasteiger partial charge in [0.25, 0.3) is 11.6 Å². The maximum absolute atomic E-state index is 12.6. The molecule has 28 heavy (non-hydrogen) atoms. The fourth-order valence-electron chi connectivity index (χ4n) is 5.64. The van der Waals surface area contributed by atoms with E-state index < -0.39 is 17.4 Å². The Morgan fingerprint density at radius 1 is 1.14 bits per heavy atom. The average Bonchev–Trinajstić information content (AvgIpc) is 2.65. The number of nitrogens with one attached hydrogen (secondary N) is 1. The lowest BCUT2D eigenvalue weighted by Gasteiger charge is -2.53. The molecule has 0 spiro atoms. The molecule has 1 aromatic rings. The smallest absolute Gasteiger partial charge is 0.310 e. The van der Waals surface area contributed by atoms with E-state index in [0.29, 0.717) is 17.6 Å². The molecule has 1 amide bonds. The van der Waals surface area contributed by atoms with Crippen LogP contribution in [0.4, 0.5) is 11.4 Å². The number of nitro groups is 1. The van der Waals surface area contributed by atoms with Crippen molar-refractivity contribution in [3.63, 3.8) is 0 Å². The molecule has 1 aromatic carbocycles. The first-order valence-corrected chi connectivity index (χ1v) is 9.73. The van der Waals surface area contributed by atoms with Gasteiger partial charge in [-0.25, -0.2) is 0 Å². The highest BCUT2D eigenvalue weighted by atomic mass is 16.6. The van der Waals surface area contributed by atoms with Crippen molar-refractivity contribution >= 4 is 23.3 Å². The molecule has 0 radical (unpaired) electrons. The number of methoxy groups -OCH3 is 1. The molecule has 4 saturated carbocycles. The third kappa shape index (κ3) is 3.55. The summed E-state index contributed by atoms with van der Waals surface area (Å²) in [5.74, 6) is 1.69. The molecular formula is C20H24N2O6. The number of hydrogen-bond donors (Lipinski definition) is 1. The average molecular weight is 388 g/mol. The van der Waals surface area contributed by atoms with Crippen molar-refractivity contribution in [2.24, 2.45) is 29.6 Å². The summed E-state index contributed by atoms with van der Waals surface area (Å²) < 4.78 is 10.4. The van der Waals surface area contributed by atoms with Crippen LogP contribution in [0.1, 0.15) is 32.1 Å². The largest absolute Gasteiger partial charge is 0.495 e. The molecule has 0 saturated heterocycles. The number of amides is 1.